The number of rotatable bonds is 9. The van der Waals surface area contributed by atoms with Crippen molar-refractivity contribution in [2.24, 2.45) is 5.73 Å². The Balaban J connectivity index is 2.14. The van der Waals surface area contributed by atoms with Crippen molar-refractivity contribution in [1.29, 1.82) is 0 Å². The molecule has 0 bridgehead atoms. The summed E-state index contributed by atoms with van der Waals surface area (Å²) in [5.74, 6) is 0. The molecule has 0 aliphatic heterocycles. The van der Waals surface area contributed by atoms with Gasteiger partial charge in [-0.25, -0.2) is 0 Å². The van der Waals surface area contributed by atoms with E-state index in [9.17, 15) is 0 Å². The Kier molecular flexibility index (Phi) is 6.76. The second kappa shape index (κ2) is 8.24. The van der Waals surface area contributed by atoms with Crippen molar-refractivity contribution in [3.63, 3.8) is 0 Å². The highest BCUT2D eigenvalue weighted by molar-refractivity contribution is 4.92. The van der Waals surface area contributed by atoms with Gasteiger partial charge in [-0.3, -0.25) is 4.68 Å². The first kappa shape index (κ1) is 13.1. The van der Waals surface area contributed by atoms with E-state index in [4.69, 9.17) is 10.8 Å². The van der Waals surface area contributed by atoms with Gasteiger partial charge in [-0.05, 0) is 32.2 Å². The molecule has 1 aromatic rings. The van der Waals surface area contributed by atoms with Crippen molar-refractivity contribution in [1.82, 2.24) is 15.0 Å². The Morgan fingerprint density at radius 1 is 1.19 bits per heavy atom. The molecule has 16 heavy (non-hydrogen) atoms. The van der Waals surface area contributed by atoms with E-state index >= 15 is 0 Å². The summed E-state index contributed by atoms with van der Waals surface area (Å²) in [7, 11) is 0. The molecule has 0 aliphatic carbocycles. The molecule has 5 nitrogen and oxygen atoms in total. The number of aliphatic hydroxyl groups excluding tert-OH is 1. The molecule has 0 unspecified atom stereocenters. The number of aliphatic hydroxyl groups is 1. The first-order valence-electron chi connectivity index (χ1n) is 6.06. The normalized spacial score (nSPS) is 10.9. The molecule has 0 amide bonds. The van der Waals surface area contributed by atoms with Crippen molar-refractivity contribution in [2.75, 3.05) is 13.2 Å². The van der Waals surface area contributed by atoms with Gasteiger partial charge in [0, 0.05) is 19.3 Å². The maximum atomic E-state index is 8.63. The summed E-state index contributed by atoms with van der Waals surface area (Å²) in [5, 5.41) is 16.8. The fourth-order valence-electron chi connectivity index (χ4n) is 1.58. The van der Waals surface area contributed by atoms with Crippen LogP contribution in [0.1, 0.15) is 37.8 Å². The van der Waals surface area contributed by atoms with Crippen LogP contribution in [0, 0.1) is 0 Å². The molecule has 92 valence electrons. The smallest absolute Gasteiger partial charge is 0.0827 e. The van der Waals surface area contributed by atoms with Crippen molar-refractivity contribution >= 4 is 0 Å². The zero-order valence-corrected chi connectivity index (χ0v) is 9.81. The Labute approximate surface area is 96.6 Å². The van der Waals surface area contributed by atoms with Gasteiger partial charge in [0.05, 0.1) is 5.69 Å². The van der Waals surface area contributed by atoms with E-state index in [1.807, 2.05) is 10.9 Å². The fraction of sp³-hybridized carbons (Fsp3) is 0.818. The molecule has 0 aliphatic rings. The minimum absolute atomic E-state index is 0.298. The lowest BCUT2D eigenvalue weighted by Gasteiger charge is -1.99. The number of unbranched alkanes of at least 4 members (excludes halogenated alkanes) is 3. The third-order valence-corrected chi connectivity index (χ3v) is 2.52. The lowest BCUT2D eigenvalue weighted by Crippen LogP contribution is -2.00. The molecule has 0 saturated carbocycles. The predicted molar refractivity (Wildman–Crippen MR) is 63.0 cm³/mol. The average Bonchev–Trinajstić information content (AvgIpc) is 2.74. The summed E-state index contributed by atoms with van der Waals surface area (Å²) in [6.45, 7) is 1.92. The summed E-state index contributed by atoms with van der Waals surface area (Å²) in [5.41, 5.74) is 6.46. The summed E-state index contributed by atoms with van der Waals surface area (Å²) in [4.78, 5) is 0. The van der Waals surface area contributed by atoms with Gasteiger partial charge in [0.25, 0.3) is 0 Å². The Hall–Kier alpha value is -0.940. The largest absolute Gasteiger partial charge is 0.396 e. The molecule has 0 atom stereocenters. The van der Waals surface area contributed by atoms with Gasteiger partial charge in [0.1, 0.15) is 0 Å². The third-order valence-electron chi connectivity index (χ3n) is 2.52. The third kappa shape index (κ3) is 5.23. The van der Waals surface area contributed by atoms with E-state index in [0.29, 0.717) is 13.2 Å². The quantitative estimate of drug-likeness (QED) is 0.608. The summed E-state index contributed by atoms with van der Waals surface area (Å²) in [6.07, 6.45) is 8.11. The molecule has 0 aromatic carbocycles. The molecule has 0 saturated heterocycles. The summed E-state index contributed by atoms with van der Waals surface area (Å²) in [6, 6.07) is 0. The molecule has 1 rings (SSSR count). The highest BCUT2D eigenvalue weighted by Crippen LogP contribution is 2.02. The molecular formula is C11H22N4O. The van der Waals surface area contributed by atoms with Crippen molar-refractivity contribution in [3.8, 4) is 0 Å². The number of hydrogen-bond acceptors (Lipinski definition) is 4. The molecule has 5 heteroatoms. The van der Waals surface area contributed by atoms with Crippen LogP contribution in [-0.2, 0) is 13.0 Å². The number of nitrogens with zero attached hydrogens (tertiary/aromatic N) is 3. The maximum Gasteiger partial charge on any atom is 0.0827 e. The predicted octanol–water partition coefficient (Wildman–Crippen LogP) is 0.722. The SMILES string of the molecule is NCCCc1cn(CCCCCCO)nn1. The van der Waals surface area contributed by atoms with Crippen molar-refractivity contribution in [3.05, 3.63) is 11.9 Å². The van der Waals surface area contributed by atoms with Crippen LogP contribution < -0.4 is 5.73 Å². The van der Waals surface area contributed by atoms with Crippen LogP contribution >= 0.6 is 0 Å². The highest BCUT2D eigenvalue weighted by Gasteiger charge is 1.99. The minimum Gasteiger partial charge on any atom is -0.396 e. The van der Waals surface area contributed by atoms with E-state index in [0.717, 1.165) is 50.8 Å². The maximum absolute atomic E-state index is 8.63. The van der Waals surface area contributed by atoms with Gasteiger partial charge in [0.15, 0.2) is 0 Å². The minimum atomic E-state index is 0.298. The standard InChI is InChI=1S/C11H22N4O/c12-7-5-6-11-10-15(14-13-11)8-3-1-2-4-9-16/h10,16H,1-9,12H2. The van der Waals surface area contributed by atoms with Crippen LogP contribution in [0.5, 0.6) is 0 Å². The first-order chi connectivity index (χ1) is 7.86. The Morgan fingerprint density at radius 2 is 2.00 bits per heavy atom. The average molecular weight is 226 g/mol. The monoisotopic (exact) mass is 226 g/mol. The van der Waals surface area contributed by atoms with Gasteiger partial charge < -0.3 is 10.8 Å². The second-order valence-electron chi connectivity index (χ2n) is 4.00. The summed E-state index contributed by atoms with van der Waals surface area (Å²) >= 11 is 0. The van der Waals surface area contributed by atoms with Gasteiger partial charge in [-0.15, -0.1) is 5.10 Å². The highest BCUT2D eigenvalue weighted by atomic mass is 16.2. The number of aromatic nitrogens is 3. The van der Waals surface area contributed by atoms with Crippen LogP contribution in [0.3, 0.4) is 0 Å². The molecule has 0 spiro atoms. The van der Waals surface area contributed by atoms with Crippen molar-refractivity contribution in [2.45, 2.75) is 45.1 Å². The van der Waals surface area contributed by atoms with Crippen LogP contribution in [-0.4, -0.2) is 33.3 Å². The van der Waals surface area contributed by atoms with Crippen LogP contribution in [0.15, 0.2) is 6.20 Å². The topological polar surface area (TPSA) is 77.0 Å². The van der Waals surface area contributed by atoms with Crippen molar-refractivity contribution < 1.29 is 5.11 Å². The van der Waals surface area contributed by atoms with Gasteiger partial charge in [0.2, 0.25) is 0 Å². The molecule has 1 aromatic heterocycles. The van der Waals surface area contributed by atoms with Crippen LogP contribution in [0.25, 0.3) is 0 Å². The molecular weight excluding hydrogens is 204 g/mol. The second-order valence-corrected chi connectivity index (χ2v) is 4.00. The van der Waals surface area contributed by atoms with Crippen LogP contribution in [0.4, 0.5) is 0 Å². The van der Waals surface area contributed by atoms with E-state index in [-0.39, 0.29) is 0 Å². The number of aryl methyl sites for hydroxylation is 2. The zero-order chi connectivity index (χ0) is 11.6. The molecule has 0 radical (unpaired) electrons. The summed E-state index contributed by atoms with van der Waals surface area (Å²) < 4.78 is 1.89. The first-order valence-corrected chi connectivity index (χ1v) is 6.06. The van der Waals surface area contributed by atoms with E-state index in [1.54, 1.807) is 0 Å². The number of nitrogens with two attached hydrogens (primary N) is 1. The Morgan fingerprint density at radius 3 is 2.75 bits per heavy atom. The molecule has 1 heterocycles. The van der Waals surface area contributed by atoms with Crippen LogP contribution in [0.2, 0.25) is 0 Å². The lowest BCUT2D eigenvalue weighted by molar-refractivity contribution is 0.282. The molecule has 3 N–H and O–H groups in total. The Bertz CT molecular complexity index is 275. The van der Waals surface area contributed by atoms with E-state index < -0.39 is 0 Å². The zero-order valence-electron chi connectivity index (χ0n) is 9.81. The van der Waals surface area contributed by atoms with E-state index in [1.165, 1.54) is 0 Å². The fourth-order valence-corrected chi connectivity index (χ4v) is 1.58. The van der Waals surface area contributed by atoms with E-state index in [2.05, 4.69) is 10.3 Å². The van der Waals surface area contributed by atoms with Gasteiger partial charge in [-0.2, -0.15) is 0 Å². The van der Waals surface area contributed by atoms with Gasteiger partial charge >= 0.3 is 0 Å². The lowest BCUT2D eigenvalue weighted by atomic mass is 10.2. The van der Waals surface area contributed by atoms with Gasteiger partial charge in [-0.1, -0.05) is 18.1 Å². The number of hydrogen-bond donors (Lipinski definition) is 2. The molecule has 0 fully saturated rings.